The minimum atomic E-state index is -0.769. The van der Waals surface area contributed by atoms with Crippen LogP contribution in [0.4, 0.5) is 0 Å². The number of nitriles is 1. The Morgan fingerprint density at radius 3 is 2.53 bits per heavy atom. The Morgan fingerprint density at radius 2 is 1.88 bits per heavy atom. The molecule has 2 saturated carbocycles. The molecule has 0 heterocycles. The summed E-state index contributed by atoms with van der Waals surface area (Å²) in [4.78, 5) is 11.8. The van der Waals surface area contributed by atoms with Crippen molar-refractivity contribution in [2.24, 2.45) is 11.8 Å². The van der Waals surface area contributed by atoms with Crippen LogP contribution in [0.15, 0.2) is 48.5 Å². The van der Waals surface area contributed by atoms with Gasteiger partial charge in [0.05, 0.1) is 30.6 Å². The van der Waals surface area contributed by atoms with Crippen molar-refractivity contribution in [1.29, 1.82) is 5.26 Å². The number of ether oxygens (including phenoxy) is 2. The van der Waals surface area contributed by atoms with E-state index in [4.69, 9.17) is 9.47 Å². The largest absolute Gasteiger partial charge is 0.493 e. The summed E-state index contributed by atoms with van der Waals surface area (Å²) in [6.07, 6.45) is 6.77. The zero-order valence-corrected chi connectivity index (χ0v) is 18.6. The van der Waals surface area contributed by atoms with Crippen molar-refractivity contribution in [3.63, 3.8) is 0 Å². The molecular formula is C27H31NO4. The third-order valence-corrected chi connectivity index (χ3v) is 7.30. The zero-order chi connectivity index (χ0) is 22.6. The fourth-order valence-electron chi connectivity index (χ4n) is 5.47. The molecule has 5 heteroatoms. The topological polar surface area (TPSA) is 79.5 Å². The monoisotopic (exact) mass is 433 g/mol. The zero-order valence-electron chi connectivity index (χ0n) is 18.6. The SMILES string of the molecule is COc1ccc(C2(C#N)CCC(C(=O)O)CC2Cc2ccccc2)cc1OC1CCCC1. The van der Waals surface area contributed by atoms with Gasteiger partial charge in [0.25, 0.3) is 0 Å². The Bertz CT molecular complexity index is 977. The molecule has 0 saturated heterocycles. The lowest BCUT2D eigenvalue weighted by atomic mass is 9.59. The molecule has 32 heavy (non-hydrogen) atoms. The van der Waals surface area contributed by atoms with E-state index in [0.29, 0.717) is 37.2 Å². The van der Waals surface area contributed by atoms with Gasteiger partial charge in [-0.1, -0.05) is 36.4 Å². The highest BCUT2D eigenvalue weighted by atomic mass is 16.5. The molecule has 5 nitrogen and oxygen atoms in total. The van der Waals surface area contributed by atoms with E-state index >= 15 is 0 Å². The lowest BCUT2D eigenvalue weighted by Gasteiger charge is -2.42. The summed E-state index contributed by atoms with van der Waals surface area (Å²) in [5.41, 5.74) is 1.26. The first-order valence-corrected chi connectivity index (χ1v) is 11.6. The smallest absolute Gasteiger partial charge is 0.306 e. The first-order valence-electron chi connectivity index (χ1n) is 11.6. The Morgan fingerprint density at radius 1 is 1.12 bits per heavy atom. The van der Waals surface area contributed by atoms with Gasteiger partial charge < -0.3 is 14.6 Å². The summed E-state index contributed by atoms with van der Waals surface area (Å²) >= 11 is 0. The molecule has 0 bridgehead atoms. The maximum absolute atomic E-state index is 11.8. The van der Waals surface area contributed by atoms with Gasteiger partial charge in [-0.15, -0.1) is 0 Å². The summed E-state index contributed by atoms with van der Waals surface area (Å²) < 4.78 is 11.9. The second kappa shape index (κ2) is 9.65. The Kier molecular flexibility index (Phi) is 6.69. The molecule has 2 aliphatic carbocycles. The predicted molar refractivity (Wildman–Crippen MR) is 122 cm³/mol. The molecule has 3 unspecified atom stereocenters. The maximum atomic E-state index is 11.8. The fraction of sp³-hybridized carbons (Fsp3) is 0.481. The van der Waals surface area contributed by atoms with Crippen molar-refractivity contribution < 1.29 is 19.4 Å². The lowest BCUT2D eigenvalue weighted by Crippen LogP contribution is -2.42. The quantitative estimate of drug-likeness (QED) is 0.622. The lowest BCUT2D eigenvalue weighted by molar-refractivity contribution is -0.143. The molecule has 2 fully saturated rings. The molecule has 0 aromatic heterocycles. The van der Waals surface area contributed by atoms with Gasteiger partial charge in [-0.25, -0.2) is 0 Å². The number of rotatable bonds is 7. The first kappa shape index (κ1) is 22.2. The van der Waals surface area contributed by atoms with Crippen LogP contribution in [0.25, 0.3) is 0 Å². The van der Waals surface area contributed by atoms with Crippen molar-refractivity contribution in [3.8, 4) is 17.6 Å². The Hall–Kier alpha value is -3.00. The highest BCUT2D eigenvalue weighted by Gasteiger charge is 2.47. The van der Waals surface area contributed by atoms with E-state index in [1.165, 1.54) is 12.8 Å². The summed E-state index contributed by atoms with van der Waals surface area (Å²) in [6.45, 7) is 0. The van der Waals surface area contributed by atoms with Gasteiger partial charge in [0.2, 0.25) is 0 Å². The molecule has 0 aliphatic heterocycles. The number of carbonyl (C=O) groups is 1. The number of nitrogens with zero attached hydrogens (tertiary/aromatic N) is 1. The van der Waals surface area contributed by atoms with Crippen LogP contribution < -0.4 is 9.47 Å². The average molecular weight is 434 g/mol. The number of carboxylic acids is 1. The average Bonchev–Trinajstić information content (AvgIpc) is 3.33. The Labute approximate surface area is 190 Å². The van der Waals surface area contributed by atoms with E-state index in [2.05, 4.69) is 18.2 Å². The van der Waals surface area contributed by atoms with Crippen molar-refractivity contribution in [2.45, 2.75) is 62.9 Å². The third kappa shape index (κ3) is 4.46. The number of benzene rings is 2. The van der Waals surface area contributed by atoms with Gasteiger partial charge in [-0.2, -0.15) is 5.26 Å². The molecule has 0 amide bonds. The molecule has 0 radical (unpaired) electrons. The number of hydrogen-bond acceptors (Lipinski definition) is 4. The second-order valence-corrected chi connectivity index (χ2v) is 9.17. The van der Waals surface area contributed by atoms with Gasteiger partial charge in [0.1, 0.15) is 0 Å². The third-order valence-electron chi connectivity index (χ3n) is 7.30. The molecule has 1 N–H and O–H groups in total. The van der Waals surface area contributed by atoms with Gasteiger partial charge in [-0.3, -0.25) is 4.79 Å². The second-order valence-electron chi connectivity index (χ2n) is 9.17. The van der Waals surface area contributed by atoms with Crippen molar-refractivity contribution in [2.75, 3.05) is 7.11 Å². The summed E-state index contributed by atoms with van der Waals surface area (Å²) in [7, 11) is 1.63. The Balaban J connectivity index is 1.71. The molecular weight excluding hydrogens is 402 g/mol. The van der Waals surface area contributed by atoms with Crippen LogP contribution in [0.2, 0.25) is 0 Å². The normalized spacial score (nSPS) is 25.8. The number of carboxylic acid groups (broad SMARTS) is 1. The van der Waals surface area contributed by atoms with Crippen molar-refractivity contribution in [3.05, 3.63) is 59.7 Å². The molecule has 4 rings (SSSR count). The van der Waals surface area contributed by atoms with Gasteiger partial charge in [0.15, 0.2) is 11.5 Å². The maximum Gasteiger partial charge on any atom is 0.306 e. The van der Waals surface area contributed by atoms with Crippen LogP contribution in [0, 0.1) is 23.2 Å². The van der Waals surface area contributed by atoms with Crippen LogP contribution in [0.1, 0.15) is 56.1 Å². The highest BCUT2D eigenvalue weighted by molar-refractivity contribution is 5.70. The molecule has 2 aliphatic rings. The predicted octanol–water partition coefficient (Wildman–Crippen LogP) is 5.52. The van der Waals surface area contributed by atoms with Crippen LogP contribution in [0.5, 0.6) is 11.5 Å². The van der Waals surface area contributed by atoms with E-state index < -0.39 is 17.3 Å². The van der Waals surface area contributed by atoms with Crippen molar-refractivity contribution in [1.82, 2.24) is 0 Å². The minimum Gasteiger partial charge on any atom is -0.493 e. The van der Waals surface area contributed by atoms with Crippen LogP contribution in [-0.2, 0) is 16.6 Å². The molecule has 2 aromatic carbocycles. The number of aliphatic carboxylic acids is 1. The first-order chi connectivity index (χ1) is 15.6. The summed E-state index contributed by atoms with van der Waals surface area (Å²) in [6, 6.07) is 18.5. The molecule has 2 aromatic rings. The fourth-order valence-corrected chi connectivity index (χ4v) is 5.47. The number of methoxy groups -OCH3 is 1. The van der Waals surface area contributed by atoms with Gasteiger partial charge >= 0.3 is 5.97 Å². The minimum absolute atomic E-state index is 0.0996. The van der Waals surface area contributed by atoms with E-state index in [1.807, 2.05) is 36.4 Å². The van der Waals surface area contributed by atoms with E-state index in [-0.39, 0.29) is 12.0 Å². The molecule has 0 spiro atoms. The summed E-state index contributed by atoms with van der Waals surface area (Å²) in [5, 5.41) is 20.2. The van der Waals surface area contributed by atoms with Crippen LogP contribution in [0.3, 0.4) is 0 Å². The van der Waals surface area contributed by atoms with Crippen molar-refractivity contribution >= 4 is 5.97 Å². The van der Waals surface area contributed by atoms with Crippen LogP contribution >= 0.6 is 0 Å². The van der Waals surface area contributed by atoms with Crippen LogP contribution in [-0.4, -0.2) is 24.3 Å². The van der Waals surface area contributed by atoms with E-state index in [0.717, 1.165) is 24.0 Å². The molecule has 3 atom stereocenters. The van der Waals surface area contributed by atoms with Gasteiger partial charge in [0, 0.05) is 0 Å². The van der Waals surface area contributed by atoms with Gasteiger partial charge in [-0.05, 0) is 80.5 Å². The van der Waals surface area contributed by atoms with E-state index in [9.17, 15) is 15.2 Å². The molecule has 168 valence electrons. The number of hydrogen-bond donors (Lipinski definition) is 1. The highest BCUT2D eigenvalue weighted by Crippen LogP contribution is 2.49. The summed E-state index contributed by atoms with van der Waals surface area (Å²) in [5.74, 6) is 0.0719. The van der Waals surface area contributed by atoms with E-state index in [1.54, 1.807) is 7.11 Å². The standard InChI is InChI=1S/C27H31NO4/c1-31-24-12-11-21(17-25(24)32-23-9-5-6-10-23)27(18-28)14-13-20(26(29)30)16-22(27)15-19-7-3-2-4-8-19/h2-4,7-8,11-12,17,20,22-23H,5-6,9-10,13-16H2,1H3,(H,29,30).